The van der Waals surface area contributed by atoms with E-state index in [1.54, 1.807) is 0 Å². The number of carbonyl (C=O) groups is 1. The molecule has 1 unspecified atom stereocenters. The van der Waals surface area contributed by atoms with E-state index in [9.17, 15) is 17.6 Å². The molecule has 0 aromatic heterocycles. The number of rotatable bonds is 5. The highest BCUT2D eigenvalue weighted by Crippen LogP contribution is 2.26. The molecule has 1 atom stereocenters. The van der Waals surface area contributed by atoms with Gasteiger partial charge in [0.15, 0.2) is 0 Å². The number of hydrogen-bond acceptors (Lipinski definition) is 3. The molecule has 1 aromatic rings. The zero-order valence-electron chi connectivity index (χ0n) is 11.9. The molecule has 2 rings (SSSR count). The minimum atomic E-state index is -3.77. The van der Waals surface area contributed by atoms with Crippen LogP contribution in [0.2, 0.25) is 0 Å². The minimum Gasteiger partial charge on any atom is -0.355 e. The summed E-state index contributed by atoms with van der Waals surface area (Å²) in [4.78, 5) is 12.1. The van der Waals surface area contributed by atoms with Gasteiger partial charge in [0, 0.05) is 13.1 Å². The lowest BCUT2D eigenvalue weighted by Crippen LogP contribution is -2.46. The molecule has 1 heterocycles. The molecule has 0 bridgehead atoms. The summed E-state index contributed by atoms with van der Waals surface area (Å²) in [6.45, 7) is 2.77. The first-order chi connectivity index (χ1) is 9.96. The van der Waals surface area contributed by atoms with Crippen molar-refractivity contribution < 1.29 is 17.6 Å². The maximum absolute atomic E-state index is 12.9. The van der Waals surface area contributed by atoms with Crippen LogP contribution in [0, 0.1) is 5.82 Å². The summed E-state index contributed by atoms with van der Waals surface area (Å²) in [5.74, 6) is -0.757. The van der Waals surface area contributed by atoms with E-state index < -0.39 is 21.9 Å². The number of nitrogens with zero attached hydrogens (tertiary/aromatic N) is 1. The number of amides is 1. The van der Waals surface area contributed by atoms with Crippen LogP contribution in [-0.2, 0) is 14.8 Å². The Hall–Kier alpha value is -1.47. The van der Waals surface area contributed by atoms with Gasteiger partial charge in [0.2, 0.25) is 15.9 Å². The van der Waals surface area contributed by atoms with Gasteiger partial charge in [0.1, 0.15) is 11.9 Å². The van der Waals surface area contributed by atoms with Crippen LogP contribution in [0.5, 0.6) is 0 Å². The highest BCUT2D eigenvalue weighted by Gasteiger charge is 2.39. The lowest BCUT2D eigenvalue weighted by Gasteiger charge is -2.23. The van der Waals surface area contributed by atoms with Gasteiger partial charge in [-0.25, -0.2) is 12.8 Å². The Morgan fingerprint density at radius 1 is 1.38 bits per heavy atom. The van der Waals surface area contributed by atoms with Crippen molar-refractivity contribution in [3.8, 4) is 0 Å². The van der Waals surface area contributed by atoms with Gasteiger partial charge in [-0.15, -0.1) is 0 Å². The molecule has 0 saturated carbocycles. The van der Waals surface area contributed by atoms with Gasteiger partial charge in [-0.05, 0) is 43.5 Å². The number of nitrogens with one attached hydrogen (secondary N) is 1. The maximum atomic E-state index is 12.9. The van der Waals surface area contributed by atoms with E-state index in [4.69, 9.17) is 0 Å². The first-order valence-corrected chi connectivity index (χ1v) is 8.46. The largest absolute Gasteiger partial charge is 0.355 e. The number of sulfonamides is 1. The Kier molecular flexibility index (Phi) is 4.95. The predicted molar refractivity (Wildman–Crippen MR) is 76.6 cm³/mol. The van der Waals surface area contributed by atoms with Gasteiger partial charge >= 0.3 is 0 Å². The van der Waals surface area contributed by atoms with E-state index in [0.29, 0.717) is 25.9 Å². The number of carbonyl (C=O) groups excluding carboxylic acids is 1. The topological polar surface area (TPSA) is 66.5 Å². The lowest BCUT2D eigenvalue weighted by atomic mass is 10.2. The van der Waals surface area contributed by atoms with Gasteiger partial charge in [-0.2, -0.15) is 4.31 Å². The summed E-state index contributed by atoms with van der Waals surface area (Å²) in [5.41, 5.74) is 0. The molecule has 116 valence electrons. The van der Waals surface area contributed by atoms with E-state index >= 15 is 0 Å². The van der Waals surface area contributed by atoms with Crippen LogP contribution in [0.1, 0.15) is 26.2 Å². The van der Waals surface area contributed by atoms with E-state index in [1.807, 2.05) is 6.92 Å². The summed E-state index contributed by atoms with van der Waals surface area (Å²) >= 11 is 0. The Labute approximate surface area is 124 Å². The molecule has 1 fully saturated rings. The monoisotopic (exact) mass is 314 g/mol. The Morgan fingerprint density at radius 3 is 2.67 bits per heavy atom. The fourth-order valence-electron chi connectivity index (χ4n) is 2.40. The third-order valence-corrected chi connectivity index (χ3v) is 5.40. The molecule has 5 nitrogen and oxygen atoms in total. The van der Waals surface area contributed by atoms with Crippen LogP contribution in [0.4, 0.5) is 4.39 Å². The average Bonchev–Trinajstić information content (AvgIpc) is 2.95. The molecule has 1 N–H and O–H groups in total. The van der Waals surface area contributed by atoms with Crippen molar-refractivity contribution in [3.63, 3.8) is 0 Å². The molecular weight excluding hydrogens is 295 g/mol. The van der Waals surface area contributed by atoms with Crippen LogP contribution in [0.15, 0.2) is 29.2 Å². The Balaban J connectivity index is 2.22. The molecule has 0 radical (unpaired) electrons. The molecule has 7 heteroatoms. The van der Waals surface area contributed by atoms with Crippen LogP contribution in [0.3, 0.4) is 0 Å². The second-order valence-electron chi connectivity index (χ2n) is 5.02. The van der Waals surface area contributed by atoms with Crippen molar-refractivity contribution in [2.75, 3.05) is 13.1 Å². The summed E-state index contributed by atoms with van der Waals surface area (Å²) in [7, 11) is -3.77. The fourth-order valence-corrected chi connectivity index (χ4v) is 4.05. The number of halogens is 1. The fraction of sp³-hybridized carbons (Fsp3) is 0.500. The van der Waals surface area contributed by atoms with Crippen molar-refractivity contribution in [3.05, 3.63) is 30.1 Å². The normalized spacial score (nSPS) is 19.6. The molecular formula is C14H19FN2O3S. The lowest BCUT2D eigenvalue weighted by molar-refractivity contribution is -0.124. The van der Waals surface area contributed by atoms with Crippen molar-refractivity contribution in [1.82, 2.24) is 9.62 Å². The summed E-state index contributed by atoms with van der Waals surface area (Å²) < 4.78 is 39.3. The SMILES string of the molecule is CCCNC(=O)C1CCCN1S(=O)(=O)c1ccc(F)cc1. The zero-order valence-corrected chi connectivity index (χ0v) is 12.7. The summed E-state index contributed by atoms with van der Waals surface area (Å²) in [6, 6.07) is 3.99. The van der Waals surface area contributed by atoms with Crippen LogP contribution >= 0.6 is 0 Å². The van der Waals surface area contributed by atoms with E-state index in [1.165, 1.54) is 16.4 Å². The molecule has 1 aromatic carbocycles. The van der Waals surface area contributed by atoms with Gasteiger partial charge < -0.3 is 5.32 Å². The van der Waals surface area contributed by atoms with E-state index in [-0.39, 0.29) is 10.8 Å². The van der Waals surface area contributed by atoms with Gasteiger partial charge in [0.05, 0.1) is 4.90 Å². The van der Waals surface area contributed by atoms with Crippen molar-refractivity contribution in [2.24, 2.45) is 0 Å². The third-order valence-electron chi connectivity index (χ3n) is 3.48. The third kappa shape index (κ3) is 3.41. The molecule has 1 aliphatic rings. The van der Waals surface area contributed by atoms with Gasteiger partial charge in [-0.1, -0.05) is 6.92 Å². The zero-order chi connectivity index (χ0) is 15.5. The van der Waals surface area contributed by atoms with Gasteiger partial charge in [0.25, 0.3) is 0 Å². The van der Waals surface area contributed by atoms with Crippen molar-refractivity contribution in [2.45, 2.75) is 37.1 Å². The van der Waals surface area contributed by atoms with Crippen LogP contribution in [-0.4, -0.2) is 37.8 Å². The molecule has 0 aliphatic carbocycles. The predicted octanol–water partition coefficient (Wildman–Crippen LogP) is 1.51. The standard InChI is InChI=1S/C14H19FN2O3S/c1-2-9-16-14(18)13-4-3-10-17(13)21(19,20)12-7-5-11(15)6-8-12/h5-8,13H,2-4,9-10H2,1H3,(H,16,18). The second-order valence-corrected chi connectivity index (χ2v) is 6.91. The number of hydrogen-bond donors (Lipinski definition) is 1. The second kappa shape index (κ2) is 6.53. The highest BCUT2D eigenvalue weighted by molar-refractivity contribution is 7.89. The first-order valence-electron chi connectivity index (χ1n) is 7.02. The minimum absolute atomic E-state index is 0.0130. The van der Waals surface area contributed by atoms with Crippen LogP contribution < -0.4 is 5.32 Å². The average molecular weight is 314 g/mol. The first kappa shape index (κ1) is 15.9. The van der Waals surface area contributed by atoms with Gasteiger partial charge in [-0.3, -0.25) is 4.79 Å². The van der Waals surface area contributed by atoms with Crippen molar-refractivity contribution >= 4 is 15.9 Å². The molecule has 1 amide bonds. The van der Waals surface area contributed by atoms with E-state index in [2.05, 4.69) is 5.32 Å². The van der Waals surface area contributed by atoms with Crippen LogP contribution in [0.25, 0.3) is 0 Å². The Bertz CT molecular complexity index is 601. The molecule has 1 aliphatic heterocycles. The molecule has 0 spiro atoms. The number of benzene rings is 1. The highest BCUT2D eigenvalue weighted by atomic mass is 32.2. The van der Waals surface area contributed by atoms with E-state index in [0.717, 1.165) is 18.6 Å². The summed E-state index contributed by atoms with van der Waals surface area (Å²) in [6.07, 6.45) is 1.95. The smallest absolute Gasteiger partial charge is 0.243 e. The summed E-state index contributed by atoms with van der Waals surface area (Å²) in [5, 5.41) is 2.73. The Morgan fingerprint density at radius 2 is 2.05 bits per heavy atom. The maximum Gasteiger partial charge on any atom is 0.243 e. The molecule has 1 saturated heterocycles. The molecule has 21 heavy (non-hydrogen) atoms. The van der Waals surface area contributed by atoms with Crippen molar-refractivity contribution in [1.29, 1.82) is 0 Å². The quantitative estimate of drug-likeness (QED) is 0.896.